The molecule has 4 nitrogen and oxygen atoms in total. The highest BCUT2D eigenvalue weighted by molar-refractivity contribution is 7.92. The van der Waals surface area contributed by atoms with Crippen molar-refractivity contribution >= 4 is 15.6 Å². The summed E-state index contributed by atoms with van der Waals surface area (Å²) in [5.41, 5.74) is 5.55. The van der Waals surface area contributed by atoms with E-state index in [0.29, 0.717) is 6.42 Å². The van der Waals surface area contributed by atoms with Gasteiger partial charge in [-0.1, -0.05) is 6.08 Å². The zero-order chi connectivity index (χ0) is 13.0. The fourth-order valence-corrected chi connectivity index (χ4v) is 2.12. The van der Waals surface area contributed by atoms with Crippen LogP contribution in [0.15, 0.2) is 12.7 Å². The van der Waals surface area contributed by atoms with E-state index in [0.717, 1.165) is 0 Å². The van der Waals surface area contributed by atoms with Gasteiger partial charge in [0.15, 0.2) is 15.6 Å². The van der Waals surface area contributed by atoms with Crippen molar-refractivity contribution in [2.45, 2.75) is 44.4 Å². The molecule has 0 saturated heterocycles. The summed E-state index contributed by atoms with van der Waals surface area (Å²) in [7, 11) is -3.24. The molecule has 16 heavy (non-hydrogen) atoms. The van der Waals surface area contributed by atoms with Crippen LogP contribution in [-0.4, -0.2) is 30.7 Å². The molecule has 0 saturated carbocycles. The van der Waals surface area contributed by atoms with E-state index in [1.165, 1.54) is 0 Å². The predicted molar refractivity (Wildman–Crippen MR) is 66.0 cm³/mol. The van der Waals surface area contributed by atoms with E-state index < -0.39 is 20.6 Å². The maximum atomic E-state index is 11.7. The molecule has 0 rings (SSSR count). The molecule has 0 aromatic heterocycles. The van der Waals surface area contributed by atoms with Crippen LogP contribution in [0.5, 0.6) is 0 Å². The summed E-state index contributed by atoms with van der Waals surface area (Å²) >= 11 is 0. The lowest BCUT2D eigenvalue weighted by molar-refractivity contribution is -0.119. The van der Waals surface area contributed by atoms with Gasteiger partial charge in [0.1, 0.15) is 0 Å². The lowest BCUT2D eigenvalue weighted by Crippen LogP contribution is -2.35. The number of carbonyl (C=O) groups is 1. The monoisotopic (exact) mass is 247 g/mol. The quantitative estimate of drug-likeness (QED) is 0.712. The van der Waals surface area contributed by atoms with Crippen LogP contribution in [0.3, 0.4) is 0 Å². The second-order valence-electron chi connectivity index (χ2n) is 4.78. The van der Waals surface area contributed by atoms with E-state index >= 15 is 0 Å². The van der Waals surface area contributed by atoms with Gasteiger partial charge in [-0.25, -0.2) is 8.42 Å². The molecule has 5 heteroatoms. The molecule has 1 unspecified atom stereocenters. The minimum Gasteiger partial charge on any atom is -0.321 e. The van der Waals surface area contributed by atoms with Crippen LogP contribution in [-0.2, 0) is 14.6 Å². The first-order valence-corrected chi connectivity index (χ1v) is 6.88. The van der Waals surface area contributed by atoms with Crippen LogP contribution in [0.4, 0.5) is 0 Å². The minimum absolute atomic E-state index is 0.0192. The number of Topliss-reactive ketones (excluding diaryl/α,β-unsaturated/α-hetero) is 1. The first-order chi connectivity index (χ1) is 7.12. The van der Waals surface area contributed by atoms with Crippen LogP contribution in [0.2, 0.25) is 0 Å². The van der Waals surface area contributed by atoms with Crippen LogP contribution in [0.25, 0.3) is 0 Å². The van der Waals surface area contributed by atoms with E-state index in [1.807, 2.05) is 0 Å². The molecule has 0 amide bonds. The van der Waals surface area contributed by atoms with Gasteiger partial charge in [0, 0.05) is 6.42 Å². The topological polar surface area (TPSA) is 77.2 Å². The predicted octanol–water partition coefficient (Wildman–Crippen LogP) is 1.06. The second kappa shape index (κ2) is 5.59. The van der Waals surface area contributed by atoms with Gasteiger partial charge in [-0.3, -0.25) is 4.79 Å². The highest BCUT2D eigenvalue weighted by Crippen LogP contribution is 2.17. The Balaban J connectivity index is 4.37. The van der Waals surface area contributed by atoms with E-state index in [9.17, 15) is 13.2 Å². The van der Waals surface area contributed by atoms with Gasteiger partial charge in [-0.2, -0.15) is 0 Å². The van der Waals surface area contributed by atoms with E-state index in [4.69, 9.17) is 5.73 Å². The van der Waals surface area contributed by atoms with Crippen molar-refractivity contribution < 1.29 is 13.2 Å². The molecule has 0 heterocycles. The highest BCUT2D eigenvalue weighted by atomic mass is 32.2. The maximum Gasteiger partial charge on any atom is 0.155 e. The van der Waals surface area contributed by atoms with Gasteiger partial charge in [-0.05, 0) is 27.2 Å². The molecule has 0 aromatic rings. The lowest BCUT2D eigenvalue weighted by atomic mass is 10.1. The minimum atomic E-state index is -3.24. The molecule has 1 atom stereocenters. The summed E-state index contributed by atoms with van der Waals surface area (Å²) in [5, 5.41) is 0. The third-order valence-electron chi connectivity index (χ3n) is 2.38. The molecular formula is C11H21NO3S. The zero-order valence-corrected chi connectivity index (χ0v) is 11.0. The molecular weight excluding hydrogens is 226 g/mol. The summed E-state index contributed by atoms with van der Waals surface area (Å²) in [5.74, 6) is -0.368. The van der Waals surface area contributed by atoms with Crippen molar-refractivity contribution in [3.63, 3.8) is 0 Å². The normalized spacial score (nSPS) is 14.5. The highest BCUT2D eigenvalue weighted by Gasteiger charge is 2.29. The van der Waals surface area contributed by atoms with Crippen molar-refractivity contribution in [3.05, 3.63) is 12.7 Å². The molecule has 0 radical (unpaired) electrons. The Bertz CT molecular complexity index is 352. The van der Waals surface area contributed by atoms with Crippen molar-refractivity contribution in [1.82, 2.24) is 0 Å². The number of sulfone groups is 1. The van der Waals surface area contributed by atoms with E-state index in [-0.39, 0.29) is 18.0 Å². The Hall–Kier alpha value is -0.680. The summed E-state index contributed by atoms with van der Waals surface area (Å²) in [6, 6.07) is -0.632. The Kier molecular flexibility index (Phi) is 5.35. The summed E-state index contributed by atoms with van der Waals surface area (Å²) in [6.45, 7) is 8.35. The fourth-order valence-electron chi connectivity index (χ4n) is 1.04. The van der Waals surface area contributed by atoms with Gasteiger partial charge in [-0.15, -0.1) is 6.58 Å². The Labute approximate surface area is 97.8 Å². The molecule has 0 spiro atoms. The van der Waals surface area contributed by atoms with Gasteiger partial charge in [0.05, 0.1) is 16.5 Å². The average Bonchev–Trinajstić information content (AvgIpc) is 2.12. The van der Waals surface area contributed by atoms with Gasteiger partial charge in [0.2, 0.25) is 0 Å². The number of carbonyl (C=O) groups excluding carboxylic acids is 1. The summed E-state index contributed by atoms with van der Waals surface area (Å²) in [4.78, 5) is 11.5. The van der Waals surface area contributed by atoms with E-state index in [2.05, 4.69) is 6.58 Å². The first kappa shape index (κ1) is 15.3. The van der Waals surface area contributed by atoms with Gasteiger partial charge >= 0.3 is 0 Å². The van der Waals surface area contributed by atoms with Crippen LogP contribution >= 0.6 is 0 Å². The molecule has 2 N–H and O–H groups in total. The van der Waals surface area contributed by atoms with Crippen molar-refractivity contribution in [1.29, 1.82) is 0 Å². The number of ketones is 1. The largest absolute Gasteiger partial charge is 0.321 e. The van der Waals surface area contributed by atoms with Crippen LogP contribution in [0.1, 0.15) is 33.6 Å². The summed E-state index contributed by atoms with van der Waals surface area (Å²) in [6.07, 6.45) is 1.92. The summed E-state index contributed by atoms with van der Waals surface area (Å²) < 4.78 is 22.6. The van der Waals surface area contributed by atoms with Crippen molar-refractivity contribution in [2.75, 3.05) is 5.75 Å². The smallest absolute Gasteiger partial charge is 0.155 e. The number of hydrogen-bond donors (Lipinski definition) is 1. The molecule has 0 bridgehead atoms. The van der Waals surface area contributed by atoms with Gasteiger partial charge < -0.3 is 5.73 Å². The Morgan fingerprint density at radius 1 is 1.44 bits per heavy atom. The second-order valence-corrected chi connectivity index (χ2v) is 7.64. The van der Waals surface area contributed by atoms with Crippen molar-refractivity contribution in [3.8, 4) is 0 Å². The fraction of sp³-hybridized carbons (Fsp3) is 0.727. The first-order valence-electron chi connectivity index (χ1n) is 5.23. The Morgan fingerprint density at radius 2 is 1.94 bits per heavy atom. The van der Waals surface area contributed by atoms with Crippen LogP contribution in [0, 0.1) is 0 Å². The molecule has 0 aromatic carbocycles. The molecule has 0 aliphatic rings. The molecule has 0 aliphatic heterocycles. The van der Waals surface area contributed by atoms with Gasteiger partial charge in [0.25, 0.3) is 0 Å². The third kappa shape index (κ3) is 4.45. The SMILES string of the molecule is C=CCC(N)C(=O)CCS(=O)(=O)C(C)(C)C. The molecule has 0 aliphatic carbocycles. The van der Waals surface area contributed by atoms with Crippen molar-refractivity contribution in [2.24, 2.45) is 5.73 Å². The van der Waals surface area contributed by atoms with E-state index in [1.54, 1.807) is 26.8 Å². The zero-order valence-electron chi connectivity index (χ0n) is 10.2. The standard InChI is InChI=1S/C11H21NO3S/c1-5-6-9(12)10(13)7-8-16(14,15)11(2,3)4/h5,9H,1,6-8,12H2,2-4H3. The molecule has 94 valence electrons. The number of hydrogen-bond acceptors (Lipinski definition) is 4. The maximum absolute atomic E-state index is 11.7. The average molecular weight is 247 g/mol. The van der Waals surface area contributed by atoms with Crippen LogP contribution < -0.4 is 5.73 Å². The molecule has 0 fully saturated rings. The lowest BCUT2D eigenvalue weighted by Gasteiger charge is -2.19. The number of nitrogens with two attached hydrogens (primary N) is 1. The number of rotatable bonds is 6. The third-order valence-corrected chi connectivity index (χ3v) is 4.99. The Morgan fingerprint density at radius 3 is 2.31 bits per heavy atom.